The number of nitrogens with zero attached hydrogens (tertiary/aromatic N) is 1. The lowest BCUT2D eigenvalue weighted by Crippen LogP contribution is -2.53. The van der Waals surface area contributed by atoms with Crippen molar-refractivity contribution in [2.45, 2.75) is 26.4 Å². The quantitative estimate of drug-likeness (QED) is 0.182. The minimum Gasteiger partial charge on any atom is -0.360 e. The van der Waals surface area contributed by atoms with Crippen molar-refractivity contribution in [3.63, 3.8) is 0 Å². The fourth-order valence-corrected chi connectivity index (χ4v) is 4.03. The number of aromatic nitrogens is 1. The van der Waals surface area contributed by atoms with E-state index in [-0.39, 0.29) is 22.4 Å². The number of anilines is 3. The van der Waals surface area contributed by atoms with Crippen LogP contribution < -0.4 is 26.8 Å². The van der Waals surface area contributed by atoms with E-state index in [0.717, 1.165) is 5.56 Å². The third-order valence-corrected chi connectivity index (χ3v) is 6.11. The van der Waals surface area contributed by atoms with E-state index in [2.05, 4.69) is 20.9 Å². The topological polar surface area (TPSA) is 100 Å². The van der Waals surface area contributed by atoms with Gasteiger partial charge in [0.05, 0.1) is 5.69 Å². The summed E-state index contributed by atoms with van der Waals surface area (Å²) >= 11 is 6.12. The molecular weight excluding hydrogens is 464 g/mol. The SMILES string of the molecule is CC(C)(Cc1ccccc1)C(NC(=O)c1ccccc1)Nc1c(Nc2cccnc2Cl)c(=O)c1=O. The molecule has 0 aliphatic rings. The molecule has 0 saturated carbocycles. The maximum atomic E-state index is 13.0. The summed E-state index contributed by atoms with van der Waals surface area (Å²) in [6.07, 6.45) is 1.45. The van der Waals surface area contributed by atoms with Gasteiger partial charge >= 0.3 is 0 Å². The van der Waals surface area contributed by atoms with Gasteiger partial charge in [-0.1, -0.05) is 74.0 Å². The molecule has 7 nitrogen and oxygen atoms in total. The van der Waals surface area contributed by atoms with Crippen LogP contribution in [0.25, 0.3) is 0 Å². The third kappa shape index (κ3) is 5.41. The number of nitrogens with one attached hydrogen (secondary N) is 3. The Labute approximate surface area is 207 Å². The van der Waals surface area contributed by atoms with Crippen LogP contribution in [0, 0.1) is 5.41 Å². The monoisotopic (exact) mass is 488 g/mol. The standard InChI is InChI=1S/C27H25ClN4O3/c1-27(2,16-17-10-5-3-6-11-17)26(32-25(35)18-12-7-4-8-13-18)31-21-20(22(33)23(21)34)30-19-14-9-15-29-24(19)28/h3-15,26,30-31H,16H2,1-2H3,(H,32,35). The summed E-state index contributed by atoms with van der Waals surface area (Å²) in [6, 6.07) is 22.0. The van der Waals surface area contributed by atoms with Crippen molar-refractivity contribution in [2.24, 2.45) is 5.41 Å². The number of pyridine rings is 1. The lowest BCUT2D eigenvalue weighted by Gasteiger charge is -2.37. The molecular formula is C27H25ClN4O3. The molecule has 4 rings (SSSR count). The van der Waals surface area contributed by atoms with Gasteiger partial charge in [-0.05, 0) is 36.2 Å². The average Bonchev–Trinajstić information content (AvgIpc) is 2.86. The van der Waals surface area contributed by atoms with Gasteiger partial charge in [-0.15, -0.1) is 0 Å². The molecule has 178 valence electrons. The van der Waals surface area contributed by atoms with Gasteiger partial charge in [-0.25, -0.2) is 4.98 Å². The summed E-state index contributed by atoms with van der Waals surface area (Å²) in [7, 11) is 0. The van der Waals surface area contributed by atoms with E-state index in [9.17, 15) is 14.4 Å². The second kappa shape index (κ2) is 10.1. The van der Waals surface area contributed by atoms with Gasteiger partial charge in [0.25, 0.3) is 16.8 Å². The Kier molecular flexibility index (Phi) is 6.98. The van der Waals surface area contributed by atoms with Crippen molar-refractivity contribution in [1.29, 1.82) is 0 Å². The number of halogens is 1. The summed E-state index contributed by atoms with van der Waals surface area (Å²) in [4.78, 5) is 42.0. The third-order valence-electron chi connectivity index (χ3n) is 5.81. The fraction of sp³-hybridized carbons (Fsp3) is 0.185. The summed E-state index contributed by atoms with van der Waals surface area (Å²) < 4.78 is 0. The number of carbonyl (C=O) groups excluding carboxylic acids is 1. The predicted octanol–water partition coefficient (Wildman–Crippen LogP) is 4.51. The van der Waals surface area contributed by atoms with Crippen LogP contribution >= 0.6 is 11.6 Å². The van der Waals surface area contributed by atoms with Crippen molar-refractivity contribution in [2.75, 3.05) is 10.6 Å². The highest BCUT2D eigenvalue weighted by atomic mass is 35.5. The first-order valence-corrected chi connectivity index (χ1v) is 11.5. The van der Waals surface area contributed by atoms with Crippen molar-refractivity contribution in [3.05, 3.63) is 116 Å². The molecule has 35 heavy (non-hydrogen) atoms. The second-order valence-electron chi connectivity index (χ2n) is 8.94. The van der Waals surface area contributed by atoms with Crippen LogP contribution in [-0.2, 0) is 6.42 Å². The molecule has 1 unspecified atom stereocenters. The zero-order valence-electron chi connectivity index (χ0n) is 19.3. The molecule has 3 aromatic carbocycles. The zero-order valence-corrected chi connectivity index (χ0v) is 20.1. The van der Waals surface area contributed by atoms with Gasteiger partial charge in [-0.2, -0.15) is 0 Å². The molecule has 3 N–H and O–H groups in total. The molecule has 0 aliphatic heterocycles. The van der Waals surface area contributed by atoms with E-state index < -0.39 is 22.4 Å². The van der Waals surface area contributed by atoms with Gasteiger partial charge in [0.1, 0.15) is 17.5 Å². The highest BCUT2D eigenvalue weighted by Gasteiger charge is 2.34. The van der Waals surface area contributed by atoms with Gasteiger partial charge < -0.3 is 16.0 Å². The van der Waals surface area contributed by atoms with Gasteiger partial charge in [-0.3, -0.25) is 14.4 Å². The van der Waals surface area contributed by atoms with E-state index in [1.165, 1.54) is 6.20 Å². The molecule has 0 spiro atoms. The Hall–Kier alpha value is -3.97. The fourth-order valence-electron chi connectivity index (χ4n) is 3.86. The van der Waals surface area contributed by atoms with Gasteiger partial charge in [0.15, 0.2) is 5.15 Å². The Balaban J connectivity index is 1.65. The number of amides is 1. The van der Waals surface area contributed by atoms with Crippen LogP contribution in [0.15, 0.2) is 88.6 Å². The van der Waals surface area contributed by atoms with Crippen molar-refractivity contribution in [3.8, 4) is 0 Å². The number of hydrogen-bond donors (Lipinski definition) is 3. The van der Waals surface area contributed by atoms with Crippen LogP contribution in [0.4, 0.5) is 17.1 Å². The van der Waals surface area contributed by atoms with E-state index >= 15 is 0 Å². The Morgan fingerprint density at radius 3 is 2.20 bits per heavy atom. The largest absolute Gasteiger partial charge is 0.360 e. The van der Waals surface area contributed by atoms with Crippen LogP contribution in [0.3, 0.4) is 0 Å². The summed E-state index contributed by atoms with van der Waals surface area (Å²) in [5, 5.41) is 9.23. The summed E-state index contributed by atoms with van der Waals surface area (Å²) in [5.41, 5.74) is 0.258. The second-order valence-corrected chi connectivity index (χ2v) is 9.30. The molecule has 0 aliphatic carbocycles. The molecule has 0 fully saturated rings. The molecule has 0 bridgehead atoms. The van der Waals surface area contributed by atoms with E-state index in [1.807, 2.05) is 50.2 Å². The van der Waals surface area contributed by atoms with Crippen LogP contribution in [0.5, 0.6) is 0 Å². The minimum absolute atomic E-state index is 0.0828. The van der Waals surface area contributed by atoms with Gasteiger partial charge in [0, 0.05) is 17.2 Å². The Morgan fingerprint density at radius 2 is 1.54 bits per heavy atom. The summed E-state index contributed by atoms with van der Waals surface area (Å²) in [5.74, 6) is -0.298. The first-order valence-electron chi connectivity index (χ1n) is 11.1. The number of carbonyl (C=O) groups is 1. The lowest BCUT2D eigenvalue weighted by molar-refractivity contribution is 0.0907. The highest BCUT2D eigenvalue weighted by Crippen LogP contribution is 2.30. The number of hydrogen-bond acceptors (Lipinski definition) is 6. The van der Waals surface area contributed by atoms with E-state index in [1.54, 1.807) is 36.4 Å². The molecule has 1 atom stereocenters. The van der Waals surface area contributed by atoms with Crippen molar-refractivity contribution >= 4 is 34.6 Å². The molecule has 0 saturated heterocycles. The first kappa shape index (κ1) is 24.2. The minimum atomic E-state index is -0.677. The van der Waals surface area contributed by atoms with Gasteiger partial charge in [0.2, 0.25) is 0 Å². The molecule has 0 radical (unpaired) electrons. The predicted molar refractivity (Wildman–Crippen MR) is 139 cm³/mol. The molecule has 1 aromatic heterocycles. The maximum Gasteiger partial charge on any atom is 0.253 e. The first-order chi connectivity index (χ1) is 16.8. The van der Waals surface area contributed by atoms with E-state index in [4.69, 9.17) is 11.6 Å². The van der Waals surface area contributed by atoms with E-state index in [0.29, 0.717) is 17.7 Å². The van der Waals surface area contributed by atoms with Crippen LogP contribution in [0.1, 0.15) is 29.8 Å². The number of rotatable bonds is 9. The Bertz CT molecular complexity index is 1400. The Morgan fingerprint density at radius 1 is 0.914 bits per heavy atom. The maximum absolute atomic E-state index is 13.0. The molecule has 1 heterocycles. The summed E-state index contributed by atoms with van der Waals surface area (Å²) in [6.45, 7) is 3.97. The molecule has 8 heteroatoms. The average molecular weight is 489 g/mol. The van der Waals surface area contributed by atoms with Crippen LogP contribution in [0.2, 0.25) is 5.15 Å². The normalized spacial score (nSPS) is 12.2. The highest BCUT2D eigenvalue weighted by molar-refractivity contribution is 6.32. The zero-order chi connectivity index (χ0) is 25.0. The van der Waals surface area contributed by atoms with Crippen LogP contribution in [-0.4, -0.2) is 17.1 Å². The number of benzene rings is 2. The molecule has 1 amide bonds. The lowest BCUT2D eigenvalue weighted by atomic mass is 9.82. The molecule has 4 aromatic rings. The van der Waals surface area contributed by atoms with Crippen molar-refractivity contribution in [1.82, 2.24) is 10.3 Å². The smallest absolute Gasteiger partial charge is 0.253 e. The van der Waals surface area contributed by atoms with Crippen molar-refractivity contribution < 1.29 is 4.79 Å².